The molecule has 1 aliphatic rings. The summed E-state index contributed by atoms with van der Waals surface area (Å²) in [6.45, 7) is 1.07. The number of hydrogen-bond donors (Lipinski definition) is 1. The molecule has 1 aliphatic heterocycles. The molecule has 0 radical (unpaired) electrons. The molecule has 1 aromatic heterocycles. The molecule has 0 atom stereocenters. The van der Waals surface area contributed by atoms with Gasteiger partial charge in [-0.2, -0.15) is 4.98 Å². The zero-order chi connectivity index (χ0) is 19.4. The number of hydrogen-bond acceptors (Lipinski definition) is 6. The first kappa shape index (κ1) is 19.4. The van der Waals surface area contributed by atoms with Crippen LogP contribution >= 0.6 is 0 Å². The molecule has 2 heterocycles. The summed E-state index contributed by atoms with van der Waals surface area (Å²) in [4.78, 5) is 16.5. The van der Waals surface area contributed by atoms with Crippen molar-refractivity contribution in [3.63, 3.8) is 0 Å². The molecule has 0 spiro atoms. The van der Waals surface area contributed by atoms with E-state index in [9.17, 15) is 17.6 Å². The maximum absolute atomic E-state index is 12.9. The van der Waals surface area contributed by atoms with Crippen LogP contribution in [0, 0.1) is 11.7 Å². The number of carbonyl (C=O) groups excluding carboxylic acids is 1. The molecular formula is C17H21FN4O4S. The van der Waals surface area contributed by atoms with Crippen LogP contribution in [0.2, 0.25) is 0 Å². The average molecular weight is 396 g/mol. The Morgan fingerprint density at radius 1 is 1.30 bits per heavy atom. The van der Waals surface area contributed by atoms with Gasteiger partial charge in [-0.25, -0.2) is 17.1 Å². The van der Waals surface area contributed by atoms with Crippen LogP contribution in [0.25, 0.3) is 11.4 Å². The van der Waals surface area contributed by atoms with E-state index in [0.29, 0.717) is 56.2 Å². The number of nitrogens with zero attached hydrogens (tertiary/aromatic N) is 3. The van der Waals surface area contributed by atoms with Gasteiger partial charge in [0.1, 0.15) is 5.82 Å². The maximum atomic E-state index is 12.9. The van der Waals surface area contributed by atoms with Crippen molar-refractivity contribution in [3.05, 3.63) is 36.0 Å². The molecule has 1 amide bonds. The fourth-order valence-electron chi connectivity index (χ4n) is 2.96. The van der Waals surface area contributed by atoms with Gasteiger partial charge < -0.3 is 9.84 Å². The number of carbonyl (C=O) groups is 1. The van der Waals surface area contributed by atoms with Crippen molar-refractivity contribution in [1.82, 2.24) is 19.8 Å². The fraction of sp³-hybridized carbons (Fsp3) is 0.471. The Bertz CT molecular complexity index is 890. The van der Waals surface area contributed by atoms with Crippen molar-refractivity contribution in [3.8, 4) is 11.4 Å². The van der Waals surface area contributed by atoms with Crippen LogP contribution in [0.3, 0.4) is 0 Å². The van der Waals surface area contributed by atoms with Gasteiger partial charge in [0.2, 0.25) is 27.6 Å². The fourth-order valence-corrected chi connectivity index (χ4v) is 3.83. The van der Waals surface area contributed by atoms with Gasteiger partial charge in [-0.1, -0.05) is 5.16 Å². The molecule has 10 heteroatoms. The van der Waals surface area contributed by atoms with Crippen molar-refractivity contribution in [1.29, 1.82) is 0 Å². The molecular weight excluding hydrogens is 375 g/mol. The summed E-state index contributed by atoms with van der Waals surface area (Å²) in [6, 6.07) is 5.77. The predicted molar refractivity (Wildman–Crippen MR) is 95.5 cm³/mol. The van der Waals surface area contributed by atoms with Gasteiger partial charge in [0.05, 0.1) is 6.26 Å². The van der Waals surface area contributed by atoms with E-state index in [1.807, 2.05) is 0 Å². The van der Waals surface area contributed by atoms with Crippen LogP contribution in [-0.4, -0.2) is 54.7 Å². The lowest BCUT2D eigenvalue weighted by Gasteiger charge is -2.29. The van der Waals surface area contributed by atoms with Crippen LogP contribution in [-0.2, 0) is 21.2 Å². The van der Waals surface area contributed by atoms with Crippen LogP contribution in [0.4, 0.5) is 4.39 Å². The highest BCUT2D eigenvalue weighted by molar-refractivity contribution is 7.88. The molecule has 146 valence electrons. The van der Waals surface area contributed by atoms with Gasteiger partial charge in [-0.05, 0) is 37.1 Å². The average Bonchev–Trinajstić information content (AvgIpc) is 3.10. The van der Waals surface area contributed by atoms with E-state index in [1.165, 1.54) is 22.7 Å². The second kappa shape index (κ2) is 8.13. The molecule has 1 saturated heterocycles. The zero-order valence-electron chi connectivity index (χ0n) is 14.9. The van der Waals surface area contributed by atoms with E-state index in [-0.39, 0.29) is 17.6 Å². The quantitative estimate of drug-likeness (QED) is 0.787. The molecule has 3 rings (SSSR count). The van der Waals surface area contributed by atoms with Gasteiger partial charge in [0.25, 0.3) is 0 Å². The Kier molecular flexibility index (Phi) is 5.85. The summed E-state index contributed by atoms with van der Waals surface area (Å²) in [5.74, 6) is 0.112. The van der Waals surface area contributed by atoms with Crippen molar-refractivity contribution in [2.24, 2.45) is 5.92 Å². The van der Waals surface area contributed by atoms with E-state index in [0.717, 1.165) is 0 Å². The number of rotatable bonds is 6. The third kappa shape index (κ3) is 5.10. The lowest BCUT2D eigenvalue weighted by Crippen LogP contribution is -2.42. The van der Waals surface area contributed by atoms with Gasteiger partial charge in [0.15, 0.2) is 0 Å². The third-order valence-electron chi connectivity index (χ3n) is 4.50. The van der Waals surface area contributed by atoms with Crippen LogP contribution < -0.4 is 5.32 Å². The highest BCUT2D eigenvalue weighted by Gasteiger charge is 2.28. The minimum atomic E-state index is -3.20. The van der Waals surface area contributed by atoms with E-state index in [4.69, 9.17) is 4.52 Å². The SMILES string of the molecule is CS(=O)(=O)N1CCC(C(=O)NCCc2nc(-c3ccc(F)cc3)no2)CC1. The second-order valence-corrected chi connectivity index (χ2v) is 8.48. The number of piperidine rings is 1. The van der Waals surface area contributed by atoms with Crippen molar-refractivity contribution >= 4 is 15.9 Å². The van der Waals surface area contributed by atoms with Gasteiger partial charge in [0, 0.05) is 37.5 Å². The molecule has 1 aromatic carbocycles. The van der Waals surface area contributed by atoms with Crippen LogP contribution in [0.1, 0.15) is 18.7 Å². The highest BCUT2D eigenvalue weighted by Crippen LogP contribution is 2.19. The summed E-state index contributed by atoms with van der Waals surface area (Å²) in [5.41, 5.74) is 0.646. The molecule has 0 bridgehead atoms. The van der Waals surface area contributed by atoms with Gasteiger partial charge in [-0.15, -0.1) is 0 Å². The van der Waals surface area contributed by atoms with Crippen molar-refractivity contribution in [2.75, 3.05) is 25.9 Å². The maximum Gasteiger partial charge on any atom is 0.228 e. The monoisotopic (exact) mass is 396 g/mol. The summed E-state index contributed by atoms with van der Waals surface area (Å²) >= 11 is 0. The van der Waals surface area contributed by atoms with Gasteiger partial charge in [-0.3, -0.25) is 4.79 Å². The molecule has 27 heavy (non-hydrogen) atoms. The topological polar surface area (TPSA) is 105 Å². The molecule has 0 aliphatic carbocycles. The Hall–Kier alpha value is -2.33. The van der Waals surface area contributed by atoms with Crippen LogP contribution in [0.15, 0.2) is 28.8 Å². The first-order chi connectivity index (χ1) is 12.8. The third-order valence-corrected chi connectivity index (χ3v) is 5.81. The minimum Gasteiger partial charge on any atom is -0.355 e. The van der Waals surface area contributed by atoms with E-state index in [1.54, 1.807) is 12.1 Å². The predicted octanol–water partition coefficient (Wildman–Crippen LogP) is 1.21. The van der Waals surface area contributed by atoms with E-state index < -0.39 is 10.0 Å². The van der Waals surface area contributed by atoms with E-state index in [2.05, 4.69) is 15.5 Å². The standard InChI is InChI=1S/C17H21FN4O4S/c1-27(24,25)22-10-7-13(8-11-22)17(23)19-9-6-15-20-16(21-26-15)12-2-4-14(18)5-3-12/h2-5,13H,6-11H2,1H3,(H,19,23). The summed E-state index contributed by atoms with van der Waals surface area (Å²) in [6.07, 6.45) is 2.57. The summed E-state index contributed by atoms with van der Waals surface area (Å²) < 4.78 is 42.5. The first-order valence-corrected chi connectivity index (χ1v) is 10.5. The largest absolute Gasteiger partial charge is 0.355 e. The second-order valence-electron chi connectivity index (χ2n) is 6.50. The molecule has 1 N–H and O–H groups in total. The lowest BCUT2D eigenvalue weighted by molar-refractivity contribution is -0.126. The Balaban J connectivity index is 1.45. The first-order valence-electron chi connectivity index (χ1n) is 8.64. The number of amides is 1. The summed E-state index contributed by atoms with van der Waals surface area (Å²) in [5, 5.41) is 6.68. The van der Waals surface area contributed by atoms with Crippen molar-refractivity contribution < 1.29 is 22.1 Å². The van der Waals surface area contributed by atoms with Crippen LogP contribution in [0.5, 0.6) is 0 Å². The summed E-state index contributed by atoms with van der Waals surface area (Å²) in [7, 11) is -3.20. The number of sulfonamides is 1. The molecule has 2 aromatic rings. The molecule has 1 fully saturated rings. The molecule has 0 unspecified atom stereocenters. The lowest BCUT2D eigenvalue weighted by atomic mass is 9.97. The van der Waals surface area contributed by atoms with E-state index >= 15 is 0 Å². The Morgan fingerprint density at radius 3 is 2.59 bits per heavy atom. The highest BCUT2D eigenvalue weighted by atomic mass is 32.2. The molecule has 8 nitrogen and oxygen atoms in total. The normalized spacial score (nSPS) is 16.4. The van der Waals surface area contributed by atoms with Gasteiger partial charge >= 0.3 is 0 Å². The number of nitrogens with one attached hydrogen (secondary N) is 1. The number of aromatic nitrogens is 2. The Labute approximate surface area is 156 Å². The molecule has 0 saturated carbocycles. The number of halogens is 1. The zero-order valence-corrected chi connectivity index (χ0v) is 15.7. The number of benzene rings is 1. The Morgan fingerprint density at radius 2 is 1.96 bits per heavy atom. The smallest absolute Gasteiger partial charge is 0.228 e. The minimum absolute atomic E-state index is 0.0959. The van der Waals surface area contributed by atoms with Crippen molar-refractivity contribution in [2.45, 2.75) is 19.3 Å².